The van der Waals surface area contributed by atoms with Gasteiger partial charge in [-0.1, -0.05) is 62.4 Å². The third-order valence-electron chi connectivity index (χ3n) is 4.61. The number of anilines is 3. The van der Waals surface area contributed by atoms with Crippen molar-refractivity contribution in [3.8, 4) is 11.3 Å². The standard InChI is InChI=1S/C22H24N4/c1-16(2)15-23-22-24-19(17-8-4-3-5-9-17)14-21(25-22)26-13-12-18-10-6-7-11-20(18)26/h3-11,14,16H,12-13,15H2,1-2H3,(H,23,24,25). The molecule has 1 N–H and O–H groups in total. The minimum Gasteiger partial charge on any atom is -0.354 e. The molecule has 2 aromatic carbocycles. The number of nitrogens with one attached hydrogen (secondary N) is 1. The van der Waals surface area contributed by atoms with Crippen LogP contribution in [0.15, 0.2) is 60.7 Å². The van der Waals surface area contributed by atoms with Crippen molar-refractivity contribution >= 4 is 17.5 Å². The zero-order valence-electron chi connectivity index (χ0n) is 15.3. The number of para-hydroxylation sites is 1. The molecule has 0 unspecified atom stereocenters. The lowest BCUT2D eigenvalue weighted by atomic mass is 10.1. The van der Waals surface area contributed by atoms with E-state index in [2.05, 4.69) is 66.5 Å². The summed E-state index contributed by atoms with van der Waals surface area (Å²) < 4.78 is 0. The molecule has 0 amide bonds. The lowest BCUT2D eigenvalue weighted by Gasteiger charge is -2.20. The molecular formula is C22H24N4. The summed E-state index contributed by atoms with van der Waals surface area (Å²) in [6.45, 7) is 6.18. The van der Waals surface area contributed by atoms with E-state index in [1.165, 1.54) is 11.3 Å². The van der Waals surface area contributed by atoms with E-state index >= 15 is 0 Å². The molecule has 0 bridgehead atoms. The third-order valence-corrected chi connectivity index (χ3v) is 4.61. The smallest absolute Gasteiger partial charge is 0.225 e. The Hall–Kier alpha value is -2.88. The van der Waals surface area contributed by atoms with Gasteiger partial charge in [-0.25, -0.2) is 4.98 Å². The molecule has 2 heterocycles. The molecule has 0 saturated heterocycles. The van der Waals surface area contributed by atoms with Crippen LogP contribution < -0.4 is 10.2 Å². The first kappa shape index (κ1) is 16.6. The lowest BCUT2D eigenvalue weighted by Crippen LogP contribution is -2.17. The molecule has 1 aliphatic heterocycles. The number of hydrogen-bond acceptors (Lipinski definition) is 4. The molecule has 132 valence electrons. The Bertz CT molecular complexity index is 890. The highest BCUT2D eigenvalue weighted by Gasteiger charge is 2.22. The number of rotatable bonds is 5. The van der Waals surface area contributed by atoms with E-state index in [1.54, 1.807) is 0 Å². The van der Waals surface area contributed by atoms with Gasteiger partial charge in [-0.05, 0) is 24.0 Å². The van der Waals surface area contributed by atoms with Crippen molar-refractivity contribution in [2.24, 2.45) is 5.92 Å². The average molecular weight is 344 g/mol. The SMILES string of the molecule is CC(C)CNc1nc(-c2ccccc2)cc(N2CCc3ccccc32)n1. The summed E-state index contributed by atoms with van der Waals surface area (Å²) in [4.78, 5) is 11.9. The van der Waals surface area contributed by atoms with Crippen molar-refractivity contribution in [1.82, 2.24) is 9.97 Å². The predicted molar refractivity (Wildman–Crippen MR) is 108 cm³/mol. The first-order chi connectivity index (χ1) is 12.7. The summed E-state index contributed by atoms with van der Waals surface area (Å²) in [5, 5.41) is 3.39. The van der Waals surface area contributed by atoms with E-state index in [4.69, 9.17) is 9.97 Å². The van der Waals surface area contributed by atoms with Crippen LogP contribution in [0.4, 0.5) is 17.5 Å². The van der Waals surface area contributed by atoms with Gasteiger partial charge < -0.3 is 10.2 Å². The Labute approximate surface area is 154 Å². The summed E-state index contributed by atoms with van der Waals surface area (Å²) in [7, 11) is 0. The average Bonchev–Trinajstić information content (AvgIpc) is 3.11. The van der Waals surface area contributed by atoms with E-state index in [0.717, 1.165) is 36.6 Å². The molecule has 0 saturated carbocycles. The molecule has 1 aliphatic rings. The Morgan fingerprint density at radius 1 is 1.00 bits per heavy atom. The topological polar surface area (TPSA) is 41.1 Å². The Morgan fingerprint density at radius 2 is 1.77 bits per heavy atom. The Balaban J connectivity index is 1.75. The maximum atomic E-state index is 4.82. The maximum Gasteiger partial charge on any atom is 0.225 e. The van der Waals surface area contributed by atoms with Crippen LogP contribution in [-0.4, -0.2) is 23.1 Å². The van der Waals surface area contributed by atoms with Crippen LogP contribution in [0.5, 0.6) is 0 Å². The second kappa shape index (κ2) is 7.16. The van der Waals surface area contributed by atoms with Crippen LogP contribution in [0.25, 0.3) is 11.3 Å². The van der Waals surface area contributed by atoms with Crippen molar-refractivity contribution in [2.45, 2.75) is 20.3 Å². The first-order valence-electron chi connectivity index (χ1n) is 9.24. The maximum absolute atomic E-state index is 4.82. The van der Waals surface area contributed by atoms with Crippen molar-refractivity contribution in [1.29, 1.82) is 0 Å². The minimum absolute atomic E-state index is 0.537. The van der Waals surface area contributed by atoms with Gasteiger partial charge in [-0.2, -0.15) is 4.98 Å². The van der Waals surface area contributed by atoms with Gasteiger partial charge in [0.1, 0.15) is 5.82 Å². The van der Waals surface area contributed by atoms with Gasteiger partial charge in [0.25, 0.3) is 0 Å². The van der Waals surface area contributed by atoms with Crippen LogP contribution in [0.1, 0.15) is 19.4 Å². The first-order valence-corrected chi connectivity index (χ1v) is 9.24. The number of hydrogen-bond donors (Lipinski definition) is 1. The van der Waals surface area contributed by atoms with Crippen LogP contribution >= 0.6 is 0 Å². The summed E-state index contributed by atoms with van der Waals surface area (Å²) in [6, 6.07) is 21.0. The fourth-order valence-electron chi connectivity index (χ4n) is 3.28. The lowest BCUT2D eigenvalue weighted by molar-refractivity contribution is 0.684. The molecule has 0 radical (unpaired) electrons. The molecular weight excluding hydrogens is 320 g/mol. The van der Waals surface area contributed by atoms with Crippen molar-refractivity contribution < 1.29 is 0 Å². The fraction of sp³-hybridized carbons (Fsp3) is 0.273. The van der Waals surface area contributed by atoms with E-state index in [1.807, 2.05) is 18.2 Å². The van der Waals surface area contributed by atoms with Gasteiger partial charge in [-0.3, -0.25) is 0 Å². The van der Waals surface area contributed by atoms with Gasteiger partial charge in [-0.15, -0.1) is 0 Å². The molecule has 0 atom stereocenters. The molecule has 0 fully saturated rings. The van der Waals surface area contributed by atoms with Gasteiger partial charge in [0.2, 0.25) is 5.95 Å². The highest BCUT2D eigenvalue weighted by molar-refractivity contribution is 5.72. The van der Waals surface area contributed by atoms with Crippen LogP contribution in [0.3, 0.4) is 0 Å². The summed E-state index contributed by atoms with van der Waals surface area (Å²) in [5.41, 5.74) is 4.69. The Kier molecular flexibility index (Phi) is 4.57. The van der Waals surface area contributed by atoms with Crippen molar-refractivity contribution in [3.05, 3.63) is 66.2 Å². The zero-order chi connectivity index (χ0) is 17.9. The quantitative estimate of drug-likeness (QED) is 0.714. The molecule has 26 heavy (non-hydrogen) atoms. The molecule has 3 aromatic rings. The second-order valence-electron chi connectivity index (χ2n) is 7.11. The van der Waals surface area contributed by atoms with Gasteiger partial charge in [0.15, 0.2) is 0 Å². The van der Waals surface area contributed by atoms with Crippen LogP contribution in [0, 0.1) is 5.92 Å². The second-order valence-corrected chi connectivity index (χ2v) is 7.11. The number of nitrogens with zero attached hydrogens (tertiary/aromatic N) is 3. The monoisotopic (exact) mass is 344 g/mol. The highest BCUT2D eigenvalue weighted by Crippen LogP contribution is 2.35. The molecule has 4 heteroatoms. The van der Waals surface area contributed by atoms with E-state index in [-0.39, 0.29) is 0 Å². The van der Waals surface area contributed by atoms with Gasteiger partial charge >= 0.3 is 0 Å². The molecule has 0 spiro atoms. The molecule has 4 rings (SSSR count). The highest BCUT2D eigenvalue weighted by atomic mass is 15.2. The van der Waals surface area contributed by atoms with Crippen molar-refractivity contribution in [2.75, 3.05) is 23.3 Å². The van der Waals surface area contributed by atoms with Gasteiger partial charge in [0, 0.05) is 30.4 Å². The van der Waals surface area contributed by atoms with E-state index in [9.17, 15) is 0 Å². The Morgan fingerprint density at radius 3 is 2.58 bits per heavy atom. The predicted octanol–water partition coefficient (Wildman–Crippen LogP) is 4.91. The summed E-state index contributed by atoms with van der Waals surface area (Å²) in [6.07, 6.45) is 1.05. The fourth-order valence-corrected chi connectivity index (χ4v) is 3.28. The molecule has 1 aromatic heterocycles. The third kappa shape index (κ3) is 3.40. The zero-order valence-corrected chi connectivity index (χ0v) is 15.3. The van der Waals surface area contributed by atoms with Gasteiger partial charge in [0.05, 0.1) is 5.69 Å². The summed E-state index contributed by atoms with van der Waals surface area (Å²) in [5.74, 6) is 2.18. The van der Waals surface area contributed by atoms with Crippen molar-refractivity contribution in [3.63, 3.8) is 0 Å². The molecule has 4 nitrogen and oxygen atoms in total. The van der Waals surface area contributed by atoms with Crippen LogP contribution in [-0.2, 0) is 6.42 Å². The number of aromatic nitrogens is 2. The van der Waals surface area contributed by atoms with E-state index < -0.39 is 0 Å². The molecule has 0 aliphatic carbocycles. The van der Waals surface area contributed by atoms with E-state index in [0.29, 0.717) is 11.9 Å². The number of fused-ring (bicyclic) bond motifs is 1. The summed E-state index contributed by atoms with van der Waals surface area (Å²) >= 11 is 0. The minimum atomic E-state index is 0.537. The largest absolute Gasteiger partial charge is 0.354 e. The number of benzene rings is 2. The normalized spacial score (nSPS) is 13.1. The van der Waals surface area contributed by atoms with Crippen LogP contribution in [0.2, 0.25) is 0 Å².